The van der Waals surface area contributed by atoms with Gasteiger partial charge in [0.1, 0.15) is 0 Å². The molecule has 0 aliphatic carbocycles. The quantitative estimate of drug-likeness (QED) is 0.0475. The summed E-state index contributed by atoms with van der Waals surface area (Å²) in [5.41, 5.74) is 0. The molecule has 0 aromatic heterocycles. The van der Waals surface area contributed by atoms with E-state index in [0.29, 0.717) is 19.0 Å². The summed E-state index contributed by atoms with van der Waals surface area (Å²) in [7, 11) is -9.02. The molecule has 3 N–H and O–H groups in total. The van der Waals surface area contributed by atoms with Crippen molar-refractivity contribution in [1.82, 2.24) is 0 Å². The molecule has 10 heteroatoms. The summed E-state index contributed by atoms with van der Waals surface area (Å²) < 4.78 is 31.3. The summed E-state index contributed by atoms with van der Waals surface area (Å²) >= 11 is 0. The van der Waals surface area contributed by atoms with Crippen LogP contribution in [0.4, 0.5) is 0 Å². The van der Waals surface area contributed by atoms with Crippen molar-refractivity contribution >= 4 is 29.3 Å². The third-order valence-electron chi connectivity index (χ3n) is 9.24. The summed E-state index contributed by atoms with van der Waals surface area (Å²) in [5.74, 6) is 0. The Morgan fingerprint density at radius 2 is 0.886 bits per heavy atom. The zero-order chi connectivity index (χ0) is 33.5. The van der Waals surface area contributed by atoms with Crippen molar-refractivity contribution in [3.05, 3.63) is 0 Å². The average Bonchev–Trinajstić information content (AvgIpc) is 2.89. The first-order chi connectivity index (χ1) is 20.5. The molecule has 6 nitrogen and oxygen atoms in total. The Bertz CT molecular complexity index is 799. The summed E-state index contributed by atoms with van der Waals surface area (Å²) in [6.07, 6.45) is 30.2. The maximum absolute atomic E-state index is 13.4. The van der Waals surface area contributed by atoms with Gasteiger partial charge >= 0.3 is 237 Å². The van der Waals surface area contributed by atoms with Crippen LogP contribution in [0.1, 0.15) is 155 Å². The van der Waals surface area contributed by atoms with Gasteiger partial charge < -0.3 is 0 Å². The van der Waals surface area contributed by atoms with Gasteiger partial charge in [-0.2, -0.15) is 0 Å². The Morgan fingerprint density at radius 1 is 0.523 bits per heavy atom. The number of hydrogen-bond acceptors (Lipinski definition) is 3. The van der Waals surface area contributed by atoms with Gasteiger partial charge in [0, 0.05) is 0 Å². The van der Waals surface area contributed by atoms with E-state index in [0.717, 1.165) is 31.6 Å². The van der Waals surface area contributed by atoms with Crippen molar-refractivity contribution in [1.29, 1.82) is 0 Å². The first kappa shape index (κ1) is 45.2. The second kappa shape index (κ2) is 24.3. The van der Waals surface area contributed by atoms with E-state index in [1.165, 1.54) is 115 Å². The molecule has 0 saturated carbocycles. The number of rotatable bonds is 32. The molecule has 44 heavy (non-hydrogen) atoms. The molecule has 268 valence electrons. The van der Waals surface area contributed by atoms with E-state index in [2.05, 4.69) is 27.2 Å². The van der Waals surface area contributed by atoms with Gasteiger partial charge in [0.25, 0.3) is 0 Å². The molecule has 1 unspecified atom stereocenters. The standard InChI is InChI=1S/C34H76O6P4/c1-7-9-11-13-15-17-19-21-23-25-29-41(3,4)30-27-32-43(38,39)40-44(5,6,34-28-31-42(35,36)37)33-26-24-22-20-18-16-14-12-10-8-2/h7-34H2,1-6H3,(H2-,35,36,37,38,39)/p+1. The van der Waals surface area contributed by atoms with E-state index >= 15 is 0 Å². The third kappa shape index (κ3) is 28.2. The second-order valence-corrected chi connectivity index (χ2v) is 30.2. The van der Waals surface area contributed by atoms with Crippen LogP contribution in [0.2, 0.25) is 0 Å². The number of hydrogen-bond donors (Lipinski definition) is 3. The van der Waals surface area contributed by atoms with Gasteiger partial charge in [-0.15, -0.1) is 0 Å². The van der Waals surface area contributed by atoms with Gasteiger partial charge in [0.15, 0.2) is 0 Å². The van der Waals surface area contributed by atoms with E-state index in [1.54, 1.807) is 0 Å². The van der Waals surface area contributed by atoms with E-state index in [1.807, 2.05) is 13.3 Å². The van der Waals surface area contributed by atoms with Gasteiger partial charge in [-0.25, -0.2) is 0 Å². The first-order valence-electron chi connectivity index (χ1n) is 18.4. The molecule has 0 amide bonds. The van der Waals surface area contributed by atoms with Crippen LogP contribution in [0.25, 0.3) is 0 Å². The molecule has 0 aromatic carbocycles. The fourth-order valence-electron chi connectivity index (χ4n) is 6.37. The molecular weight excluding hydrogens is 628 g/mol. The van der Waals surface area contributed by atoms with Crippen molar-refractivity contribution in [2.45, 2.75) is 155 Å². The average molecular weight is 706 g/mol. The van der Waals surface area contributed by atoms with Crippen LogP contribution in [0.5, 0.6) is 0 Å². The topological polar surface area (TPSA) is 104 Å². The maximum atomic E-state index is 13.4. The van der Waals surface area contributed by atoms with Crippen LogP contribution in [-0.2, 0) is 13.4 Å². The Labute approximate surface area is 275 Å². The Balaban J connectivity index is 4.67. The third-order valence-corrected chi connectivity index (χ3v) is 20.7. The van der Waals surface area contributed by atoms with E-state index in [9.17, 15) is 23.8 Å². The van der Waals surface area contributed by atoms with E-state index < -0.39 is 29.3 Å². The van der Waals surface area contributed by atoms with Crippen LogP contribution in [0.3, 0.4) is 0 Å². The summed E-state index contributed by atoms with van der Waals surface area (Å²) in [6.45, 7) is 10.3. The van der Waals surface area contributed by atoms with Crippen LogP contribution < -0.4 is 0 Å². The first-order valence-corrected chi connectivity index (χ1v) is 28.5. The van der Waals surface area contributed by atoms with Crippen molar-refractivity contribution in [2.75, 3.05) is 63.6 Å². The van der Waals surface area contributed by atoms with Crippen molar-refractivity contribution in [3.63, 3.8) is 0 Å². The predicted molar refractivity (Wildman–Crippen MR) is 203 cm³/mol. The molecule has 0 rings (SSSR count). The van der Waals surface area contributed by atoms with Gasteiger partial charge in [-0.1, -0.05) is 39.0 Å². The van der Waals surface area contributed by atoms with Gasteiger partial charge in [0.05, 0.1) is 0 Å². The van der Waals surface area contributed by atoms with Crippen LogP contribution in [0, 0.1) is 0 Å². The predicted octanol–water partition coefficient (Wildman–Crippen LogP) is 12.0. The Morgan fingerprint density at radius 3 is 1.32 bits per heavy atom. The van der Waals surface area contributed by atoms with E-state index in [-0.39, 0.29) is 12.3 Å². The fourth-order valence-corrected chi connectivity index (χ4v) is 17.4. The van der Waals surface area contributed by atoms with Crippen molar-refractivity contribution in [2.24, 2.45) is 0 Å². The summed E-state index contributed by atoms with van der Waals surface area (Å²) in [5, 5.41) is 0. The summed E-state index contributed by atoms with van der Waals surface area (Å²) in [4.78, 5) is 29.9. The molecule has 0 aliphatic heterocycles. The molecule has 0 heterocycles. The molecule has 1 atom stereocenters. The van der Waals surface area contributed by atoms with Crippen molar-refractivity contribution in [3.8, 4) is 0 Å². The van der Waals surface area contributed by atoms with Gasteiger partial charge in [-0.3, -0.25) is 0 Å². The molecule has 0 fully saturated rings. The molecule has 0 aliphatic rings. The normalized spacial score (nSPS) is 15.2. The molecule has 0 bridgehead atoms. The minimum absolute atomic E-state index is 0.185. The van der Waals surface area contributed by atoms with Crippen LogP contribution >= 0.6 is 29.3 Å². The number of unbranched alkanes of at least 4 members (excludes halogenated alkanes) is 18. The van der Waals surface area contributed by atoms with E-state index in [4.69, 9.17) is 4.31 Å². The molecule has 0 saturated heterocycles. The Hall–Kier alpha value is 1.16. The Kier molecular flexibility index (Phi) is 25.0. The zero-order valence-corrected chi connectivity index (χ0v) is 33.7. The van der Waals surface area contributed by atoms with Gasteiger partial charge in [-0.05, 0) is 0 Å². The van der Waals surface area contributed by atoms with Gasteiger partial charge in [0.2, 0.25) is 0 Å². The molecule has 0 radical (unpaired) electrons. The monoisotopic (exact) mass is 705 g/mol. The van der Waals surface area contributed by atoms with Crippen LogP contribution in [-0.4, -0.2) is 78.3 Å². The fraction of sp³-hybridized carbons (Fsp3) is 1.00. The SMILES string of the molecule is CCCCCCCCCCCC[P+](C)(C)CCCP(=O)(O)OP(C)(C)(CCCCCCCCCCCC)CCCP(=O)(O)O. The second-order valence-electron chi connectivity index (χ2n) is 15.3. The van der Waals surface area contributed by atoms with Crippen LogP contribution in [0.15, 0.2) is 0 Å². The minimum atomic E-state index is -4.11. The molecule has 0 aromatic rings. The molecular formula is C34H77O6P4+. The zero-order valence-electron chi connectivity index (χ0n) is 30.2. The van der Waals surface area contributed by atoms with Crippen molar-refractivity contribution < 1.29 is 28.1 Å². The summed E-state index contributed by atoms with van der Waals surface area (Å²) in [6, 6.07) is 0. The molecule has 0 spiro atoms.